The van der Waals surface area contributed by atoms with Crippen molar-refractivity contribution >= 4 is 15.7 Å². The molecular formula is C15H25N3O2S. The molecule has 1 heterocycles. The van der Waals surface area contributed by atoms with Gasteiger partial charge in [0.15, 0.2) is 5.03 Å². The first kappa shape index (κ1) is 16.2. The van der Waals surface area contributed by atoms with Crippen LogP contribution in [0.3, 0.4) is 0 Å². The van der Waals surface area contributed by atoms with Crippen molar-refractivity contribution in [3.05, 3.63) is 18.3 Å². The Hall–Kier alpha value is -1.14. The van der Waals surface area contributed by atoms with Crippen LogP contribution >= 0.6 is 0 Å². The summed E-state index contributed by atoms with van der Waals surface area (Å²) in [5.74, 6) is 0.302. The number of pyridine rings is 1. The summed E-state index contributed by atoms with van der Waals surface area (Å²) in [4.78, 5) is 4.15. The van der Waals surface area contributed by atoms with Crippen LogP contribution in [-0.4, -0.2) is 36.8 Å². The van der Waals surface area contributed by atoms with E-state index in [-0.39, 0.29) is 11.1 Å². The Balaban J connectivity index is 2.33. The molecule has 0 spiro atoms. The Bertz CT molecular complexity index is 568. The molecule has 5 nitrogen and oxygen atoms in total. The Labute approximate surface area is 127 Å². The molecule has 21 heavy (non-hydrogen) atoms. The first-order valence-corrected chi connectivity index (χ1v) is 9.11. The lowest BCUT2D eigenvalue weighted by atomic mass is 10.2. The summed E-state index contributed by atoms with van der Waals surface area (Å²) >= 11 is 0. The molecule has 6 heteroatoms. The van der Waals surface area contributed by atoms with E-state index in [1.807, 2.05) is 20.8 Å². The molecule has 2 rings (SSSR count). The average molecular weight is 311 g/mol. The monoisotopic (exact) mass is 311 g/mol. The fourth-order valence-electron chi connectivity index (χ4n) is 2.27. The van der Waals surface area contributed by atoms with Gasteiger partial charge in [0, 0.05) is 25.3 Å². The zero-order valence-corrected chi connectivity index (χ0v) is 13.9. The number of nitrogens with zero attached hydrogens (tertiary/aromatic N) is 2. The molecule has 0 saturated heterocycles. The summed E-state index contributed by atoms with van der Waals surface area (Å²) in [6.45, 7) is 7.42. The van der Waals surface area contributed by atoms with Gasteiger partial charge in [-0.3, -0.25) is 0 Å². The van der Waals surface area contributed by atoms with Gasteiger partial charge in [-0.2, -0.15) is 4.31 Å². The van der Waals surface area contributed by atoms with Gasteiger partial charge in [-0.05, 0) is 37.3 Å². The Morgan fingerprint density at radius 1 is 1.43 bits per heavy atom. The van der Waals surface area contributed by atoms with Crippen LogP contribution < -0.4 is 5.32 Å². The molecule has 0 aromatic carbocycles. The van der Waals surface area contributed by atoms with E-state index in [2.05, 4.69) is 10.3 Å². The maximum Gasteiger partial charge on any atom is 0.262 e. The quantitative estimate of drug-likeness (QED) is 0.802. The molecule has 1 aliphatic carbocycles. The molecule has 0 radical (unpaired) electrons. The van der Waals surface area contributed by atoms with Gasteiger partial charge in [0.2, 0.25) is 0 Å². The highest BCUT2D eigenvalue weighted by Gasteiger charge is 2.39. The fraction of sp³-hybridized carbons (Fsp3) is 0.667. The third-order valence-corrected chi connectivity index (χ3v) is 5.27. The smallest absolute Gasteiger partial charge is 0.262 e. The highest BCUT2D eigenvalue weighted by Crippen LogP contribution is 2.34. The molecular weight excluding hydrogens is 286 g/mol. The van der Waals surface area contributed by atoms with Gasteiger partial charge < -0.3 is 5.32 Å². The standard InChI is InChI=1S/C15H25N3O2S/c1-4-9-16-14-6-5-10-17-15(14)21(19,20)18(11-12(2)3)13-7-8-13/h5-6,10,12-13,16H,4,7-9,11H2,1-3H3. The average Bonchev–Trinajstić information content (AvgIpc) is 3.27. The van der Waals surface area contributed by atoms with Crippen molar-refractivity contribution < 1.29 is 8.42 Å². The number of sulfonamides is 1. The minimum Gasteiger partial charge on any atom is -0.383 e. The number of anilines is 1. The van der Waals surface area contributed by atoms with Crippen molar-refractivity contribution in [3.63, 3.8) is 0 Å². The van der Waals surface area contributed by atoms with Crippen LogP contribution in [0.15, 0.2) is 23.4 Å². The van der Waals surface area contributed by atoms with Crippen LogP contribution in [0, 0.1) is 5.92 Å². The topological polar surface area (TPSA) is 62.3 Å². The number of rotatable bonds is 8. The zero-order chi connectivity index (χ0) is 15.5. The van der Waals surface area contributed by atoms with Crippen molar-refractivity contribution in [1.29, 1.82) is 0 Å². The van der Waals surface area contributed by atoms with E-state index in [9.17, 15) is 8.42 Å². The van der Waals surface area contributed by atoms with E-state index in [0.29, 0.717) is 18.2 Å². The summed E-state index contributed by atoms with van der Waals surface area (Å²) in [6, 6.07) is 3.70. The zero-order valence-electron chi connectivity index (χ0n) is 13.0. The van der Waals surface area contributed by atoms with Crippen LogP contribution in [0.5, 0.6) is 0 Å². The van der Waals surface area contributed by atoms with Gasteiger partial charge >= 0.3 is 0 Å². The molecule has 1 aromatic heterocycles. The molecule has 0 amide bonds. The van der Waals surface area contributed by atoms with Gasteiger partial charge in [0.1, 0.15) is 0 Å². The number of hydrogen-bond acceptors (Lipinski definition) is 4. The molecule has 0 unspecified atom stereocenters. The molecule has 118 valence electrons. The summed E-state index contributed by atoms with van der Waals surface area (Å²) < 4.78 is 27.5. The molecule has 1 fully saturated rings. The maximum atomic E-state index is 13.0. The second kappa shape index (κ2) is 6.75. The first-order valence-electron chi connectivity index (χ1n) is 7.67. The highest BCUT2D eigenvalue weighted by molar-refractivity contribution is 7.89. The van der Waals surface area contributed by atoms with E-state index in [1.165, 1.54) is 0 Å². The molecule has 1 N–H and O–H groups in total. The Morgan fingerprint density at radius 3 is 2.71 bits per heavy atom. The second-order valence-corrected chi connectivity index (χ2v) is 7.79. The van der Waals surface area contributed by atoms with Crippen molar-refractivity contribution in [2.45, 2.75) is 51.1 Å². The number of aromatic nitrogens is 1. The van der Waals surface area contributed by atoms with Crippen molar-refractivity contribution in [1.82, 2.24) is 9.29 Å². The second-order valence-electron chi connectivity index (χ2n) is 5.98. The van der Waals surface area contributed by atoms with Crippen LogP contribution in [0.2, 0.25) is 0 Å². The van der Waals surface area contributed by atoms with Crippen molar-refractivity contribution in [2.75, 3.05) is 18.4 Å². The predicted octanol–water partition coefficient (Wildman–Crippen LogP) is 2.71. The lowest BCUT2D eigenvalue weighted by Crippen LogP contribution is -2.37. The van der Waals surface area contributed by atoms with Gasteiger partial charge in [0.05, 0.1) is 5.69 Å². The third-order valence-electron chi connectivity index (χ3n) is 3.39. The lowest BCUT2D eigenvalue weighted by Gasteiger charge is -2.24. The minimum absolute atomic E-state index is 0.151. The molecule has 1 saturated carbocycles. The highest BCUT2D eigenvalue weighted by atomic mass is 32.2. The molecule has 0 atom stereocenters. The SMILES string of the molecule is CCCNc1cccnc1S(=O)(=O)N(CC(C)C)C1CC1. The summed E-state index contributed by atoms with van der Waals surface area (Å²) in [7, 11) is -3.53. The Kier molecular flexibility index (Phi) is 5.22. The molecule has 0 aliphatic heterocycles. The fourth-order valence-corrected chi connectivity index (χ4v) is 4.20. The largest absolute Gasteiger partial charge is 0.383 e. The Morgan fingerprint density at radius 2 is 2.14 bits per heavy atom. The molecule has 1 aliphatic rings. The van der Waals surface area contributed by atoms with Gasteiger partial charge in [-0.15, -0.1) is 0 Å². The summed E-state index contributed by atoms with van der Waals surface area (Å²) in [5.41, 5.74) is 0.605. The normalized spacial score (nSPS) is 15.7. The lowest BCUT2D eigenvalue weighted by molar-refractivity contribution is 0.359. The van der Waals surface area contributed by atoms with Crippen molar-refractivity contribution in [3.8, 4) is 0 Å². The predicted molar refractivity (Wildman–Crippen MR) is 84.8 cm³/mol. The van der Waals surface area contributed by atoms with E-state index in [0.717, 1.165) is 25.8 Å². The van der Waals surface area contributed by atoms with Gasteiger partial charge in [-0.25, -0.2) is 13.4 Å². The third kappa shape index (κ3) is 3.95. The van der Waals surface area contributed by atoms with Crippen LogP contribution in [0.25, 0.3) is 0 Å². The minimum atomic E-state index is -3.53. The van der Waals surface area contributed by atoms with E-state index < -0.39 is 10.0 Å². The van der Waals surface area contributed by atoms with Crippen LogP contribution in [0.1, 0.15) is 40.0 Å². The van der Waals surface area contributed by atoms with E-state index in [4.69, 9.17) is 0 Å². The van der Waals surface area contributed by atoms with Crippen LogP contribution in [-0.2, 0) is 10.0 Å². The summed E-state index contributed by atoms with van der Waals surface area (Å²) in [6.07, 6.45) is 4.39. The van der Waals surface area contributed by atoms with Crippen LogP contribution in [0.4, 0.5) is 5.69 Å². The first-order chi connectivity index (χ1) is 9.96. The number of nitrogens with one attached hydrogen (secondary N) is 1. The molecule has 1 aromatic rings. The van der Waals surface area contributed by atoms with E-state index in [1.54, 1.807) is 22.6 Å². The maximum absolute atomic E-state index is 13.0. The van der Waals surface area contributed by atoms with Gasteiger partial charge in [0.25, 0.3) is 10.0 Å². The van der Waals surface area contributed by atoms with Gasteiger partial charge in [-0.1, -0.05) is 20.8 Å². The van der Waals surface area contributed by atoms with E-state index >= 15 is 0 Å². The molecule has 0 bridgehead atoms. The summed E-state index contributed by atoms with van der Waals surface area (Å²) in [5, 5.41) is 3.33. The number of hydrogen-bond donors (Lipinski definition) is 1. The van der Waals surface area contributed by atoms with Crippen molar-refractivity contribution in [2.24, 2.45) is 5.92 Å².